The summed E-state index contributed by atoms with van der Waals surface area (Å²) in [7, 11) is 0. The number of carbonyl (C=O) groups is 2. The van der Waals surface area contributed by atoms with Crippen LogP contribution in [-0.4, -0.2) is 41.1 Å². The number of amides is 2. The Bertz CT molecular complexity index is 317. The van der Waals surface area contributed by atoms with Crippen molar-refractivity contribution in [1.29, 1.82) is 0 Å². The van der Waals surface area contributed by atoms with E-state index in [9.17, 15) is 9.59 Å². The molecule has 0 atom stereocenters. The second-order valence-electron chi connectivity index (χ2n) is 6.50. The molecule has 0 aliphatic heterocycles. The summed E-state index contributed by atoms with van der Waals surface area (Å²) in [6.45, 7) is 6.73. The average Bonchev–Trinajstić information content (AvgIpc) is 2.76. The molecule has 1 fully saturated rings. The molecule has 2 N–H and O–H groups in total. The lowest BCUT2D eigenvalue weighted by Gasteiger charge is -2.28. The highest BCUT2D eigenvalue weighted by atomic mass is 16.4. The van der Waals surface area contributed by atoms with Crippen molar-refractivity contribution >= 4 is 12.0 Å². The number of carboxylic acid groups (broad SMARTS) is 1. The van der Waals surface area contributed by atoms with E-state index in [-0.39, 0.29) is 24.0 Å². The second-order valence-corrected chi connectivity index (χ2v) is 6.50. The molecular weight excluding hydrogens is 244 g/mol. The third-order valence-corrected chi connectivity index (χ3v) is 3.48. The molecule has 0 radical (unpaired) electrons. The fourth-order valence-electron chi connectivity index (χ4n) is 2.37. The lowest BCUT2D eigenvalue weighted by Crippen LogP contribution is -2.48. The minimum absolute atomic E-state index is 0.0886. The van der Waals surface area contributed by atoms with E-state index in [4.69, 9.17) is 5.11 Å². The van der Waals surface area contributed by atoms with Gasteiger partial charge in [0.05, 0.1) is 0 Å². The fourth-order valence-corrected chi connectivity index (χ4v) is 2.37. The molecule has 0 heterocycles. The lowest BCUT2D eigenvalue weighted by molar-refractivity contribution is -0.138. The molecule has 19 heavy (non-hydrogen) atoms. The van der Waals surface area contributed by atoms with Gasteiger partial charge in [0, 0.05) is 12.6 Å². The van der Waals surface area contributed by atoms with E-state index in [0.29, 0.717) is 6.54 Å². The first-order chi connectivity index (χ1) is 8.79. The van der Waals surface area contributed by atoms with Crippen LogP contribution < -0.4 is 5.32 Å². The van der Waals surface area contributed by atoms with Crippen LogP contribution >= 0.6 is 0 Å². The molecule has 0 aromatic heterocycles. The molecule has 0 saturated heterocycles. The lowest BCUT2D eigenvalue weighted by atomic mass is 9.92. The monoisotopic (exact) mass is 270 g/mol. The van der Waals surface area contributed by atoms with Crippen LogP contribution in [-0.2, 0) is 4.79 Å². The quantitative estimate of drug-likeness (QED) is 0.806. The van der Waals surface area contributed by atoms with Gasteiger partial charge in [-0.1, -0.05) is 33.6 Å². The highest BCUT2D eigenvalue weighted by Crippen LogP contribution is 2.23. The Morgan fingerprint density at radius 2 is 1.84 bits per heavy atom. The summed E-state index contributed by atoms with van der Waals surface area (Å²) in [5, 5.41) is 11.8. The summed E-state index contributed by atoms with van der Waals surface area (Å²) >= 11 is 0. The molecule has 1 aliphatic rings. The van der Waals surface area contributed by atoms with Gasteiger partial charge in [-0.2, -0.15) is 0 Å². The first-order valence-electron chi connectivity index (χ1n) is 7.06. The van der Waals surface area contributed by atoms with Gasteiger partial charge in [0.25, 0.3) is 0 Å². The molecule has 1 rings (SSSR count). The first-order valence-corrected chi connectivity index (χ1v) is 7.06. The number of nitrogens with one attached hydrogen (secondary N) is 1. The molecule has 0 aromatic carbocycles. The van der Waals surface area contributed by atoms with Crippen molar-refractivity contribution in [3.8, 4) is 0 Å². The number of carboxylic acids is 1. The van der Waals surface area contributed by atoms with Gasteiger partial charge in [0.15, 0.2) is 0 Å². The molecule has 5 nitrogen and oxygen atoms in total. The van der Waals surface area contributed by atoms with Crippen LogP contribution in [0.15, 0.2) is 0 Å². The average molecular weight is 270 g/mol. The number of aliphatic carboxylic acids is 1. The number of carbonyl (C=O) groups excluding carboxylic acids is 1. The molecule has 2 amide bonds. The summed E-state index contributed by atoms with van der Waals surface area (Å²) in [5.41, 5.74) is 0.165. The third-order valence-electron chi connectivity index (χ3n) is 3.48. The van der Waals surface area contributed by atoms with Crippen LogP contribution in [0.3, 0.4) is 0 Å². The van der Waals surface area contributed by atoms with E-state index >= 15 is 0 Å². The van der Waals surface area contributed by atoms with Crippen molar-refractivity contribution < 1.29 is 14.7 Å². The SMILES string of the molecule is CC(C)(C)CCNC(=O)N(CC(=O)O)C1CCCC1. The fraction of sp³-hybridized carbons (Fsp3) is 0.857. The van der Waals surface area contributed by atoms with Gasteiger partial charge in [0.1, 0.15) is 6.54 Å². The zero-order valence-electron chi connectivity index (χ0n) is 12.2. The van der Waals surface area contributed by atoms with Gasteiger partial charge in [-0.15, -0.1) is 0 Å². The molecule has 0 bridgehead atoms. The van der Waals surface area contributed by atoms with Crippen LogP contribution in [0.2, 0.25) is 0 Å². The Morgan fingerprint density at radius 1 is 1.26 bits per heavy atom. The topological polar surface area (TPSA) is 69.6 Å². The van der Waals surface area contributed by atoms with Gasteiger partial charge < -0.3 is 15.3 Å². The van der Waals surface area contributed by atoms with Gasteiger partial charge in [-0.3, -0.25) is 4.79 Å². The second kappa shape index (κ2) is 6.78. The molecule has 0 aromatic rings. The van der Waals surface area contributed by atoms with Crippen LogP contribution in [0.4, 0.5) is 4.79 Å². The van der Waals surface area contributed by atoms with Crippen LogP contribution in [0.5, 0.6) is 0 Å². The van der Waals surface area contributed by atoms with E-state index in [1.807, 2.05) is 0 Å². The van der Waals surface area contributed by atoms with E-state index in [1.165, 1.54) is 4.90 Å². The maximum atomic E-state index is 12.1. The minimum Gasteiger partial charge on any atom is -0.480 e. The molecular formula is C14H26N2O3. The Morgan fingerprint density at radius 3 is 2.32 bits per heavy atom. The van der Waals surface area contributed by atoms with Crippen molar-refractivity contribution in [2.75, 3.05) is 13.1 Å². The Labute approximate surface area is 115 Å². The maximum absolute atomic E-state index is 12.1. The van der Waals surface area contributed by atoms with Crippen molar-refractivity contribution in [3.05, 3.63) is 0 Å². The Balaban J connectivity index is 2.49. The standard InChI is InChI=1S/C14H26N2O3/c1-14(2,3)8-9-15-13(19)16(10-12(17)18)11-6-4-5-7-11/h11H,4-10H2,1-3H3,(H,15,19)(H,17,18). The van der Waals surface area contributed by atoms with E-state index in [1.54, 1.807) is 0 Å². The van der Waals surface area contributed by atoms with Gasteiger partial charge >= 0.3 is 12.0 Å². The summed E-state index contributed by atoms with van der Waals surface area (Å²) in [5.74, 6) is -0.946. The molecule has 1 aliphatic carbocycles. The third kappa shape index (κ3) is 5.94. The molecule has 1 saturated carbocycles. The maximum Gasteiger partial charge on any atom is 0.323 e. The largest absolute Gasteiger partial charge is 0.480 e. The van der Waals surface area contributed by atoms with Crippen molar-refractivity contribution in [2.45, 2.75) is 58.9 Å². The number of nitrogens with zero attached hydrogens (tertiary/aromatic N) is 1. The summed E-state index contributed by atoms with van der Waals surface area (Å²) < 4.78 is 0. The van der Waals surface area contributed by atoms with Crippen LogP contribution in [0.1, 0.15) is 52.9 Å². The Hall–Kier alpha value is -1.26. The number of hydrogen-bond donors (Lipinski definition) is 2. The van der Waals surface area contributed by atoms with Crippen molar-refractivity contribution in [2.24, 2.45) is 5.41 Å². The molecule has 0 unspecified atom stereocenters. The molecule has 5 heteroatoms. The number of urea groups is 1. The van der Waals surface area contributed by atoms with Crippen molar-refractivity contribution in [1.82, 2.24) is 10.2 Å². The smallest absolute Gasteiger partial charge is 0.323 e. The zero-order chi connectivity index (χ0) is 14.5. The number of hydrogen-bond acceptors (Lipinski definition) is 2. The summed E-state index contributed by atoms with van der Waals surface area (Å²) in [6, 6.07) is -0.149. The molecule has 0 spiro atoms. The summed E-state index contributed by atoms with van der Waals surface area (Å²) in [4.78, 5) is 24.5. The zero-order valence-corrected chi connectivity index (χ0v) is 12.2. The molecule has 110 valence electrons. The van der Waals surface area contributed by atoms with Crippen LogP contribution in [0.25, 0.3) is 0 Å². The van der Waals surface area contributed by atoms with Gasteiger partial charge in [0.2, 0.25) is 0 Å². The van der Waals surface area contributed by atoms with Crippen LogP contribution in [0, 0.1) is 5.41 Å². The van der Waals surface area contributed by atoms with E-state index in [2.05, 4.69) is 26.1 Å². The summed E-state index contributed by atoms with van der Waals surface area (Å²) in [6.07, 6.45) is 4.87. The predicted molar refractivity (Wildman–Crippen MR) is 74.1 cm³/mol. The van der Waals surface area contributed by atoms with E-state index < -0.39 is 5.97 Å². The Kier molecular flexibility index (Phi) is 5.63. The van der Waals surface area contributed by atoms with E-state index in [0.717, 1.165) is 32.1 Å². The number of rotatable bonds is 5. The van der Waals surface area contributed by atoms with Gasteiger partial charge in [-0.25, -0.2) is 4.79 Å². The van der Waals surface area contributed by atoms with Crippen molar-refractivity contribution in [3.63, 3.8) is 0 Å². The normalized spacial score (nSPS) is 16.4. The first kappa shape index (κ1) is 15.8. The highest BCUT2D eigenvalue weighted by Gasteiger charge is 2.28. The minimum atomic E-state index is -0.946. The van der Waals surface area contributed by atoms with Gasteiger partial charge in [-0.05, 0) is 24.7 Å². The highest BCUT2D eigenvalue weighted by molar-refractivity contribution is 5.80. The predicted octanol–water partition coefficient (Wildman–Crippen LogP) is 2.46.